The molecule has 0 aromatic heterocycles. The van der Waals surface area contributed by atoms with Gasteiger partial charge < -0.3 is 14.2 Å². The normalized spacial score (nSPS) is 12.5. The summed E-state index contributed by atoms with van der Waals surface area (Å²) in [4.78, 5) is 38.1. The molecular weight excluding hydrogens is 913 g/mol. The van der Waals surface area contributed by atoms with Crippen LogP contribution in [0.15, 0.2) is 72.9 Å². The third-order valence-electron chi connectivity index (χ3n) is 13.9. The van der Waals surface area contributed by atoms with Crippen molar-refractivity contribution < 1.29 is 28.6 Å². The molecule has 0 fully saturated rings. The Balaban J connectivity index is 4.03. The molecule has 0 rings (SSSR count). The fourth-order valence-corrected chi connectivity index (χ4v) is 9.14. The van der Waals surface area contributed by atoms with Crippen LogP contribution in [0, 0.1) is 0 Å². The van der Waals surface area contributed by atoms with Gasteiger partial charge in [-0.2, -0.15) is 0 Å². The highest BCUT2D eigenvalue weighted by molar-refractivity contribution is 5.71. The number of hydrogen-bond donors (Lipinski definition) is 0. The second-order valence-corrected chi connectivity index (χ2v) is 21.3. The Labute approximate surface area is 459 Å². The molecule has 0 N–H and O–H groups in total. The van der Waals surface area contributed by atoms with Crippen LogP contribution in [0.1, 0.15) is 323 Å². The molecule has 0 aliphatic rings. The van der Waals surface area contributed by atoms with Gasteiger partial charge in [0.1, 0.15) is 13.2 Å². The third kappa shape index (κ3) is 59.7. The van der Waals surface area contributed by atoms with E-state index in [2.05, 4.69) is 93.7 Å². The zero-order valence-corrected chi connectivity index (χ0v) is 49.1. The first kappa shape index (κ1) is 70.8. The van der Waals surface area contributed by atoms with Crippen LogP contribution in [-0.2, 0) is 28.6 Å². The Morgan fingerprint density at radius 2 is 0.554 bits per heavy atom. The average Bonchev–Trinajstić information content (AvgIpc) is 3.40. The van der Waals surface area contributed by atoms with Crippen molar-refractivity contribution >= 4 is 17.9 Å². The molecule has 0 spiro atoms. The summed E-state index contributed by atoms with van der Waals surface area (Å²) in [5.74, 6) is -0.885. The van der Waals surface area contributed by atoms with E-state index in [1.165, 1.54) is 173 Å². The van der Waals surface area contributed by atoms with E-state index in [1.54, 1.807) is 0 Å². The molecule has 0 saturated heterocycles. The van der Waals surface area contributed by atoms with Crippen molar-refractivity contribution in [2.24, 2.45) is 0 Å². The molecule has 0 radical (unpaired) electrons. The number of allylic oxidation sites excluding steroid dienone is 12. The van der Waals surface area contributed by atoms with Crippen molar-refractivity contribution in [3.8, 4) is 0 Å². The van der Waals surface area contributed by atoms with Gasteiger partial charge in [-0.3, -0.25) is 14.4 Å². The van der Waals surface area contributed by atoms with Crippen molar-refractivity contribution in [2.75, 3.05) is 13.2 Å². The molecule has 0 aliphatic heterocycles. The Morgan fingerprint density at radius 3 is 0.892 bits per heavy atom. The minimum absolute atomic E-state index is 0.0774. The van der Waals surface area contributed by atoms with Gasteiger partial charge in [-0.05, 0) is 103 Å². The van der Waals surface area contributed by atoms with Gasteiger partial charge in [-0.25, -0.2) is 0 Å². The number of rotatable bonds is 58. The Kier molecular flexibility index (Phi) is 59.7. The lowest BCUT2D eigenvalue weighted by atomic mass is 10.0. The molecule has 6 heteroatoms. The van der Waals surface area contributed by atoms with Crippen LogP contribution in [0.3, 0.4) is 0 Å². The Morgan fingerprint density at radius 1 is 0.284 bits per heavy atom. The molecule has 0 aliphatic carbocycles. The first-order chi connectivity index (χ1) is 36.5. The molecule has 6 nitrogen and oxygen atoms in total. The van der Waals surface area contributed by atoms with Crippen molar-refractivity contribution in [2.45, 2.75) is 329 Å². The predicted octanol–water partition coefficient (Wildman–Crippen LogP) is 21.7. The number of ether oxygens (including phenoxy) is 3. The molecule has 0 bridgehead atoms. The van der Waals surface area contributed by atoms with Crippen molar-refractivity contribution in [1.29, 1.82) is 0 Å². The zero-order chi connectivity index (χ0) is 53.6. The lowest BCUT2D eigenvalue weighted by molar-refractivity contribution is -0.167. The average molecular weight is 1030 g/mol. The quantitative estimate of drug-likeness (QED) is 0.0261. The molecule has 0 amide bonds. The van der Waals surface area contributed by atoms with Crippen molar-refractivity contribution in [3.05, 3.63) is 72.9 Å². The molecular formula is C68H120O6. The molecule has 428 valence electrons. The molecule has 0 saturated carbocycles. The molecule has 0 aromatic rings. The summed E-state index contributed by atoms with van der Waals surface area (Å²) >= 11 is 0. The van der Waals surface area contributed by atoms with Crippen LogP contribution in [-0.4, -0.2) is 37.2 Å². The van der Waals surface area contributed by atoms with Crippen LogP contribution < -0.4 is 0 Å². The summed E-state index contributed by atoms with van der Waals surface area (Å²) in [5.41, 5.74) is 0. The van der Waals surface area contributed by atoms with Gasteiger partial charge >= 0.3 is 17.9 Å². The summed E-state index contributed by atoms with van der Waals surface area (Å²) in [6, 6.07) is 0. The van der Waals surface area contributed by atoms with Crippen molar-refractivity contribution in [3.63, 3.8) is 0 Å². The lowest BCUT2D eigenvalue weighted by Gasteiger charge is -2.18. The predicted molar refractivity (Wildman–Crippen MR) is 321 cm³/mol. The van der Waals surface area contributed by atoms with Gasteiger partial charge in [0.05, 0.1) is 0 Å². The topological polar surface area (TPSA) is 78.9 Å². The van der Waals surface area contributed by atoms with E-state index in [-0.39, 0.29) is 31.1 Å². The largest absolute Gasteiger partial charge is 0.462 e. The summed E-state index contributed by atoms with van der Waals surface area (Å²) in [7, 11) is 0. The number of esters is 3. The maximum Gasteiger partial charge on any atom is 0.306 e. The maximum absolute atomic E-state index is 12.8. The number of carbonyl (C=O) groups is 3. The van der Waals surface area contributed by atoms with Crippen LogP contribution >= 0.6 is 0 Å². The fourth-order valence-electron chi connectivity index (χ4n) is 9.14. The molecule has 1 atom stereocenters. The maximum atomic E-state index is 12.8. The first-order valence-corrected chi connectivity index (χ1v) is 31.9. The van der Waals surface area contributed by atoms with Crippen LogP contribution in [0.4, 0.5) is 0 Å². The number of unbranched alkanes of at least 4 members (excludes halogenated alkanes) is 35. The van der Waals surface area contributed by atoms with Crippen LogP contribution in [0.2, 0.25) is 0 Å². The van der Waals surface area contributed by atoms with E-state index in [0.717, 1.165) is 109 Å². The second kappa shape index (κ2) is 62.4. The van der Waals surface area contributed by atoms with E-state index in [0.29, 0.717) is 19.3 Å². The summed E-state index contributed by atoms with van der Waals surface area (Å²) in [6.07, 6.45) is 80.8. The van der Waals surface area contributed by atoms with Crippen LogP contribution in [0.25, 0.3) is 0 Å². The molecule has 74 heavy (non-hydrogen) atoms. The monoisotopic (exact) mass is 1030 g/mol. The SMILES string of the molecule is CC/C=C\C/C=C\C/C=C\C/C=C\CCCCCCCCCCCCCCCCCCCCCCC(=O)OCC(COC(=O)CCCCCCC/C=C\CCC)OC(=O)CCCCCCC/C=C\CCCCCC. The van der Waals surface area contributed by atoms with Gasteiger partial charge in [0, 0.05) is 19.3 Å². The van der Waals surface area contributed by atoms with E-state index in [1.807, 2.05) is 0 Å². The smallest absolute Gasteiger partial charge is 0.306 e. The van der Waals surface area contributed by atoms with Crippen LogP contribution in [0.5, 0.6) is 0 Å². The van der Waals surface area contributed by atoms with Crippen molar-refractivity contribution in [1.82, 2.24) is 0 Å². The minimum Gasteiger partial charge on any atom is -0.462 e. The van der Waals surface area contributed by atoms with Gasteiger partial charge in [0.15, 0.2) is 6.10 Å². The highest BCUT2D eigenvalue weighted by Crippen LogP contribution is 2.17. The van der Waals surface area contributed by atoms with E-state index in [9.17, 15) is 14.4 Å². The highest BCUT2D eigenvalue weighted by Gasteiger charge is 2.19. The summed E-state index contributed by atoms with van der Waals surface area (Å²) < 4.78 is 16.8. The second-order valence-electron chi connectivity index (χ2n) is 21.3. The van der Waals surface area contributed by atoms with Gasteiger partial charge in [-0.1, -0.05) is 273 Å². The fraction of sp³-hybridized carbons (Fsp3) is 0.779. The van der Waals surface area contributed by atoms with Gasteiger partial charge in [0.2, 0.25) is 0 Å². The minimum atomic E-state index is -0.779. The standard InChI is InChI=1S/C68H120O6/c1-4-7-10-13-16-19-22-24-25-26-27-28-29-30-31-32-33-34-35-36-37-38-39-40-41-42-43-45-46-49-52-55-58-61-67(70)73-64-65(63-72-66(69)60-57-54-51-48-21-18-15-12-9-6-3)74-68(71)62-59-56-53-50-47-44-23-20-17-14-11-8-5-2/h7,10,12,15-16,19-20,23-25,27-28,65H,4-6,8-9,11,13-14,17-18,21-22,26,29-64H2,1-3H3/b10-7-,15-12-,19-16-,23-20-,25-24-,28-27-. The third-order valence-corrected chi connectivity index (χ3v) is 13.9. The Bertz CT molecular complexity index is 1370. The number of hydrogen-bond acceptors (Lipinski definition) is 6. The van der Waals surface area contributed by atoms with Gasteiger partial charge in [0.25, 0.3) is 0 Å². The number of carbonyl (C=O) groups excluding carboxylic acids is 3. The molecule has 1 unspecified atom stereocenters. The highest BCUT2D eigenvalue weighted by atomic mass is 16.6. The van der Waals surface area contributed by atoms with Gasteiger partial charge in [-0.15, -0.1) is 0 Å². The molecule has 0 aromatic carbocycles. The lowest BCUT2D eigenvalue weighted by Crippen LogP contribution is -2.30. The van der Waals surface area contributed by atoms with E-state index >= 15 is 0 Å². The summed E-state index contributed by atoms with van der Waals surface area (Å²) in [5, 5.41) is 0. The van der Waals surface area contributed by atoms with E-state index in [4.69, 9.17) is 14.2 Å². The Hall–Kier alpha value is -3.15. The first-order valence-electron chi connectivity index (χ1n) is 31.9. The van der Waals surface area contributed by atoms with E-state index < -0.39 is 6.10 Å². The zero-order valence-electron chi connectivity index (χ0n) is 49.1. The molecule has 0 heterocycles. The summed E-state index contributed by atoms with van der Waals surface area (Å²) in [6.45, 7) is 6.46.